The Labute approximate surface area is 131 Å². The first kappa shape index (κ1) is 15.5. The van der Waals surface area contributed by atoms with Crippen molar-refractivity contribution in [2.45, 2.75) is 45.3 Å². The number of rotatable bonds is 5. The van der Waals surface area contributed by atoms with Crippen molar-refractivity contribution >= 4 is 5.91 Å². The molecule has 2 aliphatic rings. The largest absolute Gasteiger partial charge is 0.377 e. The topological polar surface area (TPSA) is 84.2 Å². The van der Waals surface area contributed by atoms with Gasteiger partial charge in [-0.1, -0.05) is 0 Å². The van der Waals surface area contributed by atoms with Crippen LogP contribution in [0, 0.1) is 18.8 Å². The van der Waals surface area contributed by atoms with E-state index in [0.717, 1.165) is 56.8 Å². The number of aryl methyl sites for hydroxylation is 1. The van der Waals surface area contributed by atoms with Crippen LogP contribution >= 0.6 is 0 Å². The van der Waals surface area contributed by atoms with E-state index in [1.807, 2.05) is 13.1 Å². The van der Waals surface area contributed by atoms with Crippen molar-refractivity contribution in [3.05, 3.63) is 17.7 Å². The Morgan fingerprint density at radius 2 is 2.23 bits per heavy atom. The van der Waals surface area contributed by atoms with Crippen LogP contribution in [0.4, 0.5) is 0 Å². The first-order valence-electron chi connectivity index (χ1n) is 8.25. The number of hydrogen-bond acceptors (Lipinski definition) is 4. The van der Waals surface area contributed by atoms with Crippen LogP contribution in [-0.4, -0.2) is 46.6 Å². The standard InChI is InChI=1S/C16H26N4O2/c1-11-9-18-15(19-11)10-20-5-2-12(3-6-20)8-14-13(16(17)21)4-7-22-14/h9,12-14H,2-8,10H2,1H3,(H2,17,21)(H,18,19)/t13-,14-/m1/s1. The van der Waals surface area contributed by atoms with Gasteiger partial charge in [0.15, 0.2) is 0 Å². The van der Waals surface area contributed by atoms with Crippen LogP contribution in [0.5, 0.6) is 0 Å². The van der Waals surface area contributed by atoms with E-state index in [1.54, 1.807) is 0 Å². The third kappa shape index (κ3) is 3.67. The van der Waals surface area contributed by atoms with Gasteiger partial charge < -0.3 is 15.5 Å². The molecule has 2 fully saturated rings. The highest BCUT2D eigenvalue weighted by Gasteiger charge is 2.35. The molecular formula is C16H26N4O2. The molecule has 1 amide bonds. The zero-order valence-electron chi connectivity index (χ0n) is 13.3. The van der Waals surface area contributed by atoms with Crippen LogP contribution in [-0.2, 0) is 16.1 Å². The normalized spacial score (nSPS) is 27.3. The summed E-state index contributed by atoms with van der Waals surface area (Å²) in [5.41, 5.74) is 6.58. The van der Waals surface area contributed by atoms with Crippen LogP contribution in [0.3, 0.4) is 0 Å². The maximum absolute atomic E-state index is 11.4. The predicted molar refractivity (Wildman–Crippen MR) is 83.0 cm³/mol. The zero-order valence-corrected chi connectivity index (χ0v) is 13.3. The molecule has 0 saturated carbocycles. The van der Waals surface area contributed by atoms with Gasteiger partial charge in [-0.05, 0) is 51.6 Å². The SMILES string of the molecule is Cc1cnc(CN2CCC(C[C@H]3OCC[C@H]3C(N)=O)CC2)[nH]1. The first-order chi connectivity index (χ1) is 10.6. The minimum atomic E-state index is -0.201. The molecule has 0 unspecified atom stereocenters. The molecule has 122 valence electrons. The molecule has 1 aromatic heterocycles. The minimum absolute atomic E-state index is 0.0433. The second kappa shape index (κ2) is 6.79. The average molecular weight is 306 g/mol. The molecule has 3 rings (SSSR count). The van der Waals surface area contributed by atoms with Gasteiger partial charge in [-0.25, -0.2) is 4.98 Å². The molecule has 1 aromatic rings. The van der Waals surface area contributed by atoms with Crippen LogP contribution in [0.25, 0.3) is 0 Å². The number of nitrogens with two attached hydrogens (primary N) is 1. The number of carbonyl (C=O) groups is 1. The third-order valence-corrected chi connectivity index (χ3v) is 4.98. The van der Waals surface area contributed by atoms with Gasteiger partial charge in [0.2, 0.25) is 5.91 Å². The van der Waals surface area contributed by atoms with E-state index in [1.165, 1.54) is 0 Å². The molecule has 0 bridgehead atoms. The summed E-state index contributed by atoms with van der Waals surface area (Å²) >= 11 is 0. The highest BCUT2D eigenvalue weighted by atomic mass is 16.5. The highest BCUT2D eigenvalue weighted by Crippen LogP contribution is 2.30. The van der Waals surface area contributed by atoms with Gasteiger partial charge in [-0.3, -0.25) is 9.69 Å². The van der Waals surface area contributed by atoms with Gasteiger partial charge in [-0.2, -0.15) is 0 Å². The Morgan fingerprint density at radius 1 is 1.45 bits per heavy atom. The number of likely N-dealkylation sites (tertiary alicyclic amines) is 1. The lowest BCUT2D eigenvalue weighted by molar-refractivity contribution is -0.123. The van der Waals surface area contributed by atoms with E-state index in [4.69, 9.17) is 10.5 Å². The summed E-state index contributed by atoms with van der Waals surface area (Å²) in [4.78, 5) is 21.5. The molecule has 2 aliphatic heterocycles. The van der Waals surface area contributed by atoms with Gasteiger partial charge in [0.25, 0.3) is 0 Å². The fraction of sp³-hybridized carbons (Fsp3) is 0.750. The van der Waals surface area contributed by atoms with Crippen molar-refractivity contribution in [2.75, 3.05) is 19.7 Å². The summed E-state index contributed by atoms with van der Waals surface area (Å²) in [6.45, 7) is 5.76. The van der Waals surface area contributed by atoms with Crippen molar-refractivity contribution in [3.8, 4) is 0 Å². The lowest BCUT2D eigenvalue weighted by atomic mass is 9.86. The molecule has 22 heavy (non-hydrogen) atoms. The summed E-state index contributed by atoms with van der Waals surface area (Å²) in [6, 6.07) is 0. The highest BCUT2D eigenvalue weighted by molar-refractivity contribution is 5.77. The molecular weight excluding hydrogens is 280 g/mol. The molecule has 0 aromatic carbocycles. The molecule has 0 radical (unpaired) electrons. The fourth-order valence-corrected chi connectivity index (χ4v) is 3.67. The van der Waals surface area contributed by atoms with E-state index in [-0.39, 0.29) is 17.9 Å². The average Bonchev–Trinajstić information content (AvgIpc) is 3.10. The second-order valence-corrected chi connectivity index (χ2v) is 6.67. The first-order valence-corrected chi connectivity index (χ1v) is 8.25. The van der Waals surface area contributed by atoms with E-state index in [2.05, 4.69) is 14.9 Å². The lowest BCUT2D eigenvalue weighted by Gasteiger charge is -2.33. The van der Waals surface area contributed by atoms with Gasteiger partial charge in [-0.15, -0.1) is 0 Å². The van der Waals surface area contributed by atoms with E-state index in [9.17, 15) is 4.79 Å². The molecule has 0 aliphatic carbocycles. The van der Waals surface area contributed by atoms with Crippen molar-refractivity contribution in [2.24, 2.45) is 17.6 Å². The van der Waals surface area contributed by atoms with Crippen LogP contribution in [0.1, 0.15) is 37.2 Å². The number of nitrogens with one attached hydrogen (secondary N) is 1. The number of ether oxygens (including phenoxy) is 1. The Hall–Kier alpha value is -1.40. The predicted octanol–water partition coefficient (Wildman–Crippen LogP) is 1.21. The van der Waals surface area contributed by atoms with Gasteiger partial charge in [0.05, 0.1) is 18.6 Å². The molecule has 2 saturated heterocycles. The van der Waals surface area contributed by atoms with Gasteiger partial charge in [0, 0.05) is 18.5 Å². The van der Waals surface area contributed by atoms with Crippen molar-refractivity contribution in [1.29, 1.82) is 0 Å². The van der Waals surface area contributed by atoms with Crippen LogP contribution < -0.4 is 5.73 Å². The van der Waals surface area contributed by atoms with Crippen molar-refractivity contribution in [3.63, 3.8) is 0 Å². The summed E-state index contributed by atoms with van der Waals surface area (Å²) < 4.78 is 5.73. The maximum atomic E-state index is 11.4. The summed E-state index contributed by atoms with van der Waals surface area (Å²) in [6.07, 6.45) is 6.00. The van der Waals surface area contributed by atoms with E-state index < -0.39 is 0 Å². The van der Waals surface area contributed by atoms with Crippen LogP contribution in [0.2, 0.25) is 0 Å². The molecule has 0 spiro atoms. The number of primary amides is 1. The lowest BCUT2D eigenvalue weighted by Crippen LogP contribution is -2.37. The number of hydrogen-bond donors (Lipinski definition) is 2. The number of aromatic amines is 1. The summed E-state index contributed by atoms with van der Waals surface area (Å²) in [5, 5.41) is 0. The number of imidazole rings is 1. The number of H-pyrrole nitrogens is 1. The maximum Gasteiger partial charge on any atom is 0.223 e. The smallest absolute Gasteiger partial charge is 0.223 e. The summed E-state index contributed by atoms with van der Waals surface area (Å²) in [7, 11) is 0. The third-order valence-electron chi connectivity index (χ3n) is 4.98. The molecule has 2 atom stereocenters. The Bertz CT molecular complexity index is 508. The number of nitrogens with zero attached hydrogens (tertiary/aromatic N) is 2. The van der Waals surface area contributed by atoms with Gasteiger partial charge in [0.1, 0.15) is 5.82 Å². The Morgan fingerprint density at radius 3 is 2.86 bits per heavy atom. The zero-order chi connectivity index (χ0) is 15.5. The fourth-order valence-electron chi connectivity index (χ4n) is 3.67. The van der Waals surface area contributed by atoms with E-state index >= 15 is 0 Å². The Balaban J connectivity index is 1.44. The molecule has 3 heterocycles. The quantitative estimate of drug-likeness (QED) is 0.856. The molecule has 6 heteroatoms. The monoisotopic (exact) mass is 306 g/mol. The van der Waals surface area contributed by atoms with E-state index in [0.29, 0.717) is 12.5 Å². The number of aromatic nitrogens is 2. The number of carbonyl (C=O) groups excluding carboxylic acids is 1. The van der Waals surface area contributed by atoms with Crippen molar-refractivity contribution < 1.29 is 9.53 Å². The van der Waals surface area contributed by atoms with Crippen LogP contribution in [0.15, 0.2) is 6.20 Å². The summed E-state index contributed by atoms with van der Waals surface area (Å²) in [5.74, 6) is 1.40. The second-order valence-electron chi connectivity index (χ2n) is 6.67. The Kier molecular flexibility index (Phi) is 4.78. The number of amides is 1. The number of piperidine rings is 1. The van der Waals surface area contributed by atoms with Gasteiger partial charge >= 0.3 is 0 Å². The minimum Gasteiger partial charge on any atom is -0.377 e. The molecule has 6 nitrogen and oxygen atoms in total. The van der Waals surface area contributed by atoms with Crippen molar-refractivity contribution in [1.82, 2.24) is 14.9 Å². The molecule has 3 N–H and O–H groups in total.